The van der Waals surface area contributed by atoms with E-state index in [1.165, 1.54) is 12.1 Å². The lowest BCUT2D eigenvalue weighted by Gasteiger charge is -2.20. The van der Waals surface area contributed by atoms with Crippen molar-refractivity contribution in [3.63, 3.8) is 0 Å². The van der Waals surface area contributed by atoms with E-state index in [-0.39, 0.29) is 11.8 Å². The largest absolute Gasteiger partial charge is 0.446 e. The zero-order valence-corrected chi connectivity index (χ0v) is 16.3. The van der Waals surface area contributed by atoms with Crippen LogP contribution in [0.4, 0.5) is 4.39 Å². The molecule has 3 aromatic rings. The molecule has 3 rings (SSSR count). The number of carbonyl (C=O) groups is 1. The first-order chi connectivity index (χ1) is 13.6. The number of nitrogens with zero attached hydrogens (tertiary/aromatic N) is 2. The van der Waals surface area contributed by atoms with Crippen molar-refractivity contribution in [3.8, 4) is 11.3 Å². The lowest BCUT2D eigenvalue weighted by atomic mass is 10.1. The van der Waals surface area contributed by atoms with Crippen LogP contribution < -0.4 is 0 Å². The molecule has 0 fully saturated rings. The first kappa shape index (κ1) is 20.0. The van der Waals surface area contributed by atoms with Gasteiger partial charge in [0.05, 0.1) is 16.8 Å². The van der Waals surface area contributed by atoms with Gasteiger partial charge in [0.25, 0.3) is 0 Å². The number of ether oxygens (including phenoxy) is 1. The molecule has 0 saturated carbocycles. The standard InChI is InChI=1S/C23H25FN2O2/c1-3-13-26(14-4-2)16-28-23(27)19-8-12-22-18(15-19)7-11-21(25-22)17-5-9-20(24)10-6-17/h5-12,15H,3-4,13-14,16H2,1-2H3. The molecule has 0 saturated heterocycles. The van der Waals surface area contributed by atoms with Gasteiger partial charge in [0.15, 0.2) is 0 Å². The number of rotatable bonds is 8. The predicted molar refractivity (Wildman–Crippen MR) is 110 cm³/mol. The van der Waals surface area contributed by atoms with Crippen LogP contribution in [0.2, 0.25) is 0 Å². The van der Waals surface area contributed by atoms with E-state index in [0.717, 1.165) is 48.1 Å². The van der Waals surface area contributed by atoms with E-state index in [1.54, 1.807) is 24.3 Å². The number of benzene rings is 2. The first-order valence-electron chi connectivity index (χ1n) is 9.67. The highest BCUT2D eigenvalue weighted by Gasteiger charge is 2.11. The number of carbonyl (C=O) groups excluding carboxylic acids is 1. The van der Waals surface area contributed by atoms with E-state index >= 15 is 0 Å². The van der Waals surface area contributed by atoms with Gasteiger partial charge in [0.1, 0.15) is 12.5 Å². The maximum absolute atomic E-state index is 13.1. The highest BCUT2D eigenvalue weighted by atomic mass is 19.1. The second-order valence-electron chi connectivity index (χ2n) is 6.79. The summed E-state index contributed by atoms with van der Waals surface area (Å²) >= 11 is 0. The molecule has 2 aromatic carbocycles. The second-order valence-corrected chi connectivity index (χ2v) is 6.79. The molecule has 28 heavy (non-hydrogen) atoms. The lowest BCUT2D eigenvalue weighted by molar-refractivity contribution is 0.0215. The van der Waals surface area contributed by atoms with Gasteiger partial charge in [0.2, 0.25) is 0 Å². The number of fused-ring (bicyclic) bond motifs is 1. The molecule has 0 atom stereocenters. The van der Waals surface area contributed by atoms with Crippen LogP contribution in [0.3, 0.4) is 0 Å². The number of aromatic nitrogens is 1. The first-order valence-corrected chi connectivity index (χ1v) is 9.67. The number of halogens is 1. The highest BCUT2D eigenvalue weighted by molar-refractivity contribution is 5.94. The van der Waals surface area contributed by atoms with Gasteiger partial charge in [-0.15, -0.1) is 0 Å². The van der Waals surface area contributed by atoms with Gasteiger partial charge >= 0.3 is 5.97 Å². The van der Waals surface area contributed by atoms with Crippen LogP contribution in [0.25, 0.3) is 22.2 Å². The summed E-state index contributed by atoms with van der Waals surface area (Å²) in [6.07, 6.45) is 2.05. The molecule has 1 aromatic heterocycles. The van der Waals surface area contributed by atoms with Crippen LogP contribution in [0, 0.1) is 5.82 Å². The van der Waals surface area contributed by atoms with E-state index in [9.17, 15) is 9.18 Å². The lowest BCUT2D eigenvalue weighted by Crippen LogP contribution is -2.29. The molecule has 0 N–H and O–H groups in total. The predicted octanol–water partition coefficient (Wildman–Crippen LogP) is 5.28. The average molecular weight is 380 g/mol. The van der Waals surface area contributed by atoms with Crippen molar-refractivity contribution in [2.45, 2.75) is 26.7 Å². The summed E-state index contributed by atoms with van der Waals surface area (Å²) in [7, 11) is 0. The smallest absolute Gasteiger partial charge is 0.339 e. The Kier molecular flexibility index (Phi) is 6.71. The minimum absolute atomic E-state index is 0.274. The second kappa shape index (κ2) is 9.42. The minimum atomic E-state index is -0.332. The topological polar surface area (TPSA) is 42.4 Å². The molecule has 5 heteroatoms. The Hall–Kier alpha value is -2.79. The molecule has 0 radical (unpaired) electrons. The van der Waals surface area contributed by atoms with Crippen LogP contribution in [-0.4, -0.2) is 35.7 Å². The maximum Gasteiger partial charge on any atom is 0.339 e. The Morgan fingerprint density at radius 1 is 1.00 bits per heavy atom. The van der Waals surface area contributed by atoms with Crippen molar-refractivity contribution in [2.24, 2.45) is 0 Å². The number of hydrogen-bond acceptors (Lipinski definition) is 4. The van der Waals surface area contributed by atoms with Gasteiger partial charge in [-0.3, -0.25) is 4.90 Å². The van der Waals surface area contributed by atoms with Crippen LogP contribution in [-0.2, 0) is 4.74 Å². The van der Waals surface area contributed by atoms with Crippen molar-refractivity contribution < 1.29 is 13.9 Å². The summed E-state index contributed by atoms with van der Waals surface area (Å²) in [5, 5.41) is 0.860. The molecule has 0 aliphatic carbocycles. The van der Waals surface area contributed by atoms with Crippen LogP contribution in [0.15, 0.2) is 54.6 Å². The molecule has 146 valence electrons. The van der Waals surface area contributed by atoms with Crippen molar-refractivity contribution >= 4 is 16.9 Å². The third-order valence-electron chi connectivity index (χ3n) is 4.52. The molecule has 0 aliphatic heterocycles. The van der Waals surface area contributed by atoms with Crippen LogP contribution in [0.5, 0.6) is 0 Å². The monoisotopic (exact) mass is 380 g/mol. The molecule has 0 amide bonds. The van der Waals surface area contributed by atoms with E-state index in [2.05, 4.69) is 23.7 Å². The molecular weight excluding hydrogens is 355 g/mol. The van der Waals surface area contributed by atoms with E-state index in [4.69, 9.17) is 4.74 Å². The summed E-state index contributed by atoms with van der Waals surface area (Å²) in [5.74, 6) is -0.606. The Morgan fingerprint density at radius 2 is 1.71 bits per heavy atom. The average Bonchev–Trinajstić information content (AvgIpc) is 2.72. The minimum Gasteiger partial charge on any atom is -0.446 e. The summed E-state index contributed by atoms with van der Waals surface area (Å²) in [5.41, 5.74) is 2.89. The summed E-state index contributed by atoms with van der Waals surface area (Å²) in [4.78, 5) is 19.2. The van der Waals surface area contributed by atoms with Gasteiger partial charge in [-0.25, -0.2) is 14.2 Å². The Labute approximate surface area is 165 Å². The molecule has 0 unspecified atom stereocenters. The molecule has 1 heterocycles. The van der Waals surface area contributed by atoms with Gasteiger partial charge < -0.3 is 4.74 Å². The zero-order chi connectivity index (χ0) is 19.9. The number of esters is 1. The maximum atomic E-state index is 13.1. The van der Waals surface area contributed by atoms with Crippen LogP contribution in [0.1, 0.15) is 37.0 Å². The van der Waals surface area contributed by atoms with Gasteiger partial charge in [-0.1, -0.05) is 19.9 Å². The Balaban J connectivity index is 1.74. The third-order valence-corrected chi connectivity index (χ3v) is 4.52. The third kappa shape index (κ3) is 4.93. The zero-order valence-electron chi connectivity index (χ0n) is 16.3. The fourth-order valence-electron chi connectivity index (χ4n) is 3.14. The molecular formula is C23H25FN2O2. The number of hydrogen-bond donors (Lipinski definition) is 0. The SMILES string of the molecule is CCCN(CCC)COC(=O)c1ccc2nc(-c3ccc(F)cc3)ccc2c1. The van der Waals surface area contributed by atoms with Crippen molar-refractivity contribution in [1.82, 2.24) is 9.88 Å². The highest BCUT2D eigenvalue weighted by Crippen LogP contribution is 2.22. The van der Waals surface area contributed by atoms with E-state index in [0.29, 0.717) is 12.3 Å². The quantitative estimate of drug-likeness (QED) is 0.394. The number of pyridine rings is 1. The Morgan fingerprint density at radius 3 is 2.39 bits per heavy atom. The Bertz CT molecular complexity index is 935. The van der Waals surface area contributed by atoms with Crippen LogP contribution >= 0.6 is 0 Å². The summed E-state index contributed by atoms with van der Waals surface area (Å²) < 4.78 is 18.6. The van der Waals surface area contributed by atoms with Crippen molar-refractivity contribution in [1.29, 1.82) is 0 Å². The molecule has 0 aliphatic rings. The fraction of sp³-hybridized carbons (Fsp3) is 0.304. The molecule has 0 spiro atoms. The van der Waals surface area contributed by atoms with Gasteiger partial charge in [-0.05, 0) is 61.4 Å². The normalized spacial score (nSPS) is 11.1. The summed E-state index contributed by atoms with van der Waals surface area (Å²) in [6.45, 7) is 6.35. The summed E-state index contributed by atoms with van der Waals surface area (Å²) in [6, 6.07) is 15.4. The van der Waals surface area contributed by atoms with Gasteiger partial charge in [0, 0.05) is 24.0 Å². The molecule has 0 bridgehead atoms. The fourth-order valence-corrected chi connectivity index (χ4v) is 3.14. The van der Waals surface area contributed by atoms with Crippen molar-refractivity contribution in [2.75, 3.05) is 19.8 Å². The van der Waals surface area contributed by atoms with E-state index < -0.39 is 0 Å². The van der Waals surface area contributed by atoms with Crippen molar-refractivity contribution in [3.05, 3.63) is 66.0 Å². The van der Waals surface area contributed by atoms with E-state index in [1.807, 2.05) is 18.2 Å². The molecule has 4 nitrogen and oxygen atoms in total. The van der Waals surface area contributed by atoms with Gasteiger partial charge in [-0.2, -0.15) is 0 Å².